The summed E-state index contributed by atoms with van der Waals surface area (Å²) in [6.45, 7) is 2.26. The molecule has 2 rings (SSSR count). The van der Waals surface area contributed by atoms with Gasteiger partial charge in [-0.05, 0) is 30.2 Å². The Morgan fingerprint density at radius 2 is 1.74 bits per heavy atom. The lowest BCUT2D eigenvalue weighted by atomic mass is 10.1. The topological polar surface area (TPSA) is 35.5 Å². The predicted octanol–water partition coefficient (Wildman–Crippen LogP) is 3.36. The van der Waals surface area contributed by atoms with Crippen LogP contribution in [0.15, 0.2) is 48.5 Å². The molecule has 3 heteroatoms. The number of rotatable bonds is 4. The van der Waals surface area contributed by atoms with E-state index >= 15 is 0 Å². The zero-order valence-electron chi connectivity index (χ0n) is 11.1. The number of aryl methyl sites for hydroxylation is 1. The third-order valence-corrected chi connectivity index (χ3v) is 2.95. The summed E-state index contributed by atoms with van der Waals surface area (Å²) in [5, 5.41) is 0. The Hall–Kier alpha value is -2.29. The summed E-state index contributed by atoms with van der Waals surface area (Å²) >= 11 is 0. The minimum Gasteiger partial charge on any atom is -0.496 e. The van der Waals surface area contributed by atoms with E-state index in [2.05, 4.69) is 0 Å². The van der Waals surface area contributed by atoms with Crippen LogP contribution in [0.4, 0.5) is 0 Å². The number of para-hydroxylation sites is 1. The number of ether oxygens (including phenoxy) is 2. The minimum absolute atomic E-state index is 0.267. The molecular weight excluding hydrogens is 240 g/mol. The molecule has 0 radical (unpaired) electrons. The van der Waals surface area contributed by atoms with Crippen LogP contribution >= 0.6 is 0 Å². The second-order valence-electron chi connectivity index (χ2n) is 4.20. The van der Waals surface area contributed by atoms with Gasteiger partial charge in [0.15, 0.2) is 0 Å². The fourth-order valence-electron chi connectivity index (χ4n) is 1.81. The average molecular weight is 256 g/mol. The quantitative estimate of drug-likeness (QED) is 0.787. The van der Waals surface area contributed by atoms with Gasteiger partial charge in [0.05, 0.1) is 7.11 Å². The van der Waals surface area contributed by atoms with Crippen LogP contribution in [0.1, 0.15) is 21.5 Å². The Labute approximate surface area is 112 Å². The summed E-state index contributed by atoms with van der Waals surface area (Å²) in [5.41, 5.74) is 2.56. The van der Waals surface area contributed by atoms with E-state index in [0.717, 1.165) is 11.1 Å². The number of methoxy groups -OCH3 is 1. The molecule has 0 fully saturated rings. The first-order valence-corrected chi connectivity index (χ1v) is 6.07. The van der Waals surface area contributed by atoms with Crippen molar-refractivity contribution in [2.75, 3.05) is 7.11 Å². The van der Waals surface area contributed by atoms with Crippen LogP contribution in [-0.4, -0.2) is 13.1 Å². The lowest BCUT2D eigenvalue weighted by Crippen LogP contribution is -2.07. The van der Waals surface area contributed by atoms with Gasteiger partial charge in [-0.25, -0.2) is 4.79 Å². The van der Waals surface area contributed by atoms with Crippen LogP contribution in [-0.2, 0) is 11.3 Å². The molecule has 0 aliphatic rings. The number of carbonyl (C=O) groups is 1. The fraction of sp³-hybridized carbons (Fsp3) is 0.188. The maximum absolute atomic E-state index is 12.0. The minimum atomic E-state index is -0.374. The van der Waals surface area contributed by atoms with Crippen molar-refractivity contribution < 1.29 is 14.3 Å². The van der Waals surface area contributed by atoms with Gasteiger partial charge in [-0.15, -0.1) is 0 Å². The Morgan fingerprint density at radius 1 is 1.05 bits per heavy atom. The van der Waals surface area contributed by atoms with Crippen molar-refractivity contribution in [3.63, 3.8) is 0 Å². The lowest BCUT2D eigenvalue weighted by molar-refractivity contribution is 0.0468. The summed E-state index contributed by atoms with van der Waals surface area (Å²) < 4.78 is 10.5. The van der Waals surface area contributed by atoms with Gasteiger partial charge in [-0.2, -0.15) is 0 Å². The number of hydrogen-bond donors (Lipinski definition) is 0. The monoisotopic (exact) mass is 256 g/mol. The summed E-state index contributed by atoms with van der Waals surface area (Å²) in [6.07, 6.45) is 0. The van der Waals surface area contributed by atoms with Gasteiger partial charge in [-0.3, -0.25) is 0 Å². The third kappa shape index (κ3) is 3.13. The highest BCUT2D eigenvalue weighted by Crippen LogP contribution is 2.19. The molecule has 0 saturated heterocycles. The second kappa shape index (κ2) is 6.05. The van der Waals surface area contributed by atoms with Crippen LogP contribution in [0.3, 0.4) is 0 Å². The van der Waals surface area contributed by atoms with Crippen LogP contribution in [0.25, 0.3) is 0 Å². The van der Waals surface area contributed by atoms with Gasteiger partial charge < -0.3 is 9.47 Å². The molecule has 0 unspecified atom stereocenters. The van der Waals surface area contributed by atoms with Gasteiger partial charge in [0.25, 0.3) is 0 Å². The molecule has 0 heterocycles. The molecule has 98 valence electrons. The largest absolute Gasteiger partial charge is 0.496 e. The van der Waals surface area contributed by atoms with E-state index in [-0.39, 0.29) is 12.6 Å². The first-order chi connectivity index (χ1) is 9.22. The van der Waals surface area contributed by atoms with Crippen molar-refractivity contribution in [3.8, 4) is 5.75 Å². The Balaban J connectivity index is 2.08. The molecule has 0 amide bonds. The normalized spacial score (nSPS) is 10.0. The Kier molecular flexibility index (Phi) is 4.18. The molecule has 0 N–H and O–H groups in total. The van der Waals surface area contributed by atoms with E-state index in [1.807, 2.05) is 37.3 Å². The van der Waals surface area contributed by atoms with Crippen molar-refractivity contribution in [1.82, 2.24) is 0 Å². The van der Waals surface area contributed by atoms with Crippen molar-refractivity contribution in [2.45, 2.75) is 13.5 Å². The number of hydrogen-bond acceptors (Lipinski definition) is 3. The molecule has 0 saturated carbocycles. The molecule has 0 atom stereocenters. The number of esters is 1. The molecular formula is C16H16O3. The van der Waals surface area contributed by atoms with E-state index in [9.17, 15) is 4.79 Å². The molecule has 0 aromatic heterocycles. The molecule has 2 aromatic rings. The van der Waals surface area contributed by atoms with Crippen LogP contribution in [0.5, 0.6) is 5.75 Å². The SMILES string of the molecule is COc1ccccc1C(=O)OCc1ccccc1C. The maximum Gasteiger partial charge on any atom is 0.342 e. The highest BCUT2D eigenvalue weighted by Gasteiger charge is 2.13. The van der Waals surface area contributed by atoms with Gasteiger partial charge in [0.2, 0.25) is 0 Å². The Bertz CT molecular complexity index is 576. The lowest BCUT2D eigenvalue weighted by Gasteiger charge is -2.09. The van der Waals surface area contributed by atoms with Gasteiger partial charge in [-0.1, -0.05) is 36.4 Å². The molecule has 19 heavy (non-hydrogen) atoms. The number of benzene rings is 2. The van der Waals surface area contributed by atoms with E-state index in [0.29, 0.717) is 11.3 Å². The van der Waals surface area contributed by atoms with Crippen molar-refractivity contribution in [2.24, 2.45) is 0 Å². The molecule has 3 nitrogen and oxygen atoms in total. The van der Waals surface area contributed by atoms with E-state index in [4.69, 9.17) is 9.47 Å². The van der Waals surface area contributed by atoms with Crippen LogP contribution in [0, 0.1) is 6.92 Å². The highest BCUT2D eigenvalue weighted by molar-refractivity contribution is 5.92. The Morgan fingerprint density at radius 3 is 2.47 bits per heavy atom. The first-order valence-electron chi connectivity index (χ1n) is 6.07. The summed E-state index contributed by atoms with van der Waals surface area (Å²) in [5.74, 6) is 0.151. The van der Waals surface area contributed by atoms with E-state index < -0.39 is 0 Å². The number of carbonyl (C=O) groups excluding carboxylic acids is 1. The first kappa shape index (κ1) is 13.1. The van der Waals surface area contributed by atoms with Crippen LogP contribution in [0.2, 0.25) is 0 Å². The van der Waals surface area contributed by atoms with Gasteiger partial charge in [0.1, 0.15) is 17.9 Å². The smallest absolute Gasteiger partial charge is 0.342 e. The summed E-state index contributed by atoms with van der Waals surface area (Å²) in [6, 6.07) is 14.9. The maximum atomic E-state index is 12.0. The summed E-state index contributed by atoms with van der Waals surface area (Å²) in [7, 11) is 1.54. The highest BCUT2D eigenvalue weighted by atomic mass is 16.5. The zero-order valence-corrected chi connectivity index (χ0v) is 11.1. The zero-order chi connectivity index (χ0) is 13.7. The van der Waals surface area contributed by atoms with Gasteiger partial charge in [0, 0.05) is 0 Å². The van der Waals surface area contributed by atoms with Crippen molar-refractivity contribution in [3.05, 3.63) is 65.2 Å². The molecule has 0 spiro atoms. The van der Waals surface area contributed by atoms with Gasteiger partial charge >= 0.3 is 5.97 Å². The fourth-order valence-corrected chi connectivity index (χ4v) is 1.81. The predicted molar refractivity (Wildman–Crippen MR) is 73.3 cm³/mol. The van der Waals surface area contributed by atoms with E-state index in [1.165, 1.54) is 7.11 Å². The second-order valence-corrected chi connectivity index (χ2v) is 4.20. The van der Waals surface area contributed by atoms with Crippen LogP contribution < -0.4 is 4.74 Å². The third-order valence-electron chi connectivity index (χ3n) is 2.95. The standard InChI is InChI=1S/C16H16O3/c1-12-7-3-4-8-13(12)11-19-16(17)14-9-5-6-10-15(14)18-2/h3-10H,11H2,1-2H3. The molecule has 0 aliphatic carbocycles. The molecule has 0 bridgehead atoms. The summed E-state index contributed by atoms with van der Waals surface area (Å²) in [4.78, 5) is 12.0. The average Bonchev–Trinajstić information content (AvgIpc) is 2.46. The van der Waals surface area contributed by atoms with Crippen molar-refractivity contribution >= 4 is 5.97 Å². The molecule has 2 aromatic carbocycles. The molecule has 0 aliphatic heterocycles. The van der Waals surface area contributed by atoms with E-state index in [1.54, 1.807) is 18.2 Å². The van der Waals surface area contributed by atoms with Crippen molar-refractivity contribution in [1.29, 1.82) is 0 Å².